The number of hydrogen-bond acceptors (Lipinski definition) is 4. The first kappa shape index (κ1) is 16.8. The summed E-state index contributed by atoms with van der Waals surface area (Å²) >= 11 is 5.94. The van der Waals surface area contributed by atoms with Crippen molar-refractivity contribution in [2.75, 3.05) is 6.54 Å². The van der Waals surface area contributed by atoms with E-state index in [1.165, 1.54) is 6.20 Å². The maximum atomic E-state index is 12.1. The highest BCUT2D eigenvalue weighted by molar-refractivity contribution is 6.30. The van der Waals surface area contributed by atoms with Crippen molar-refractivity contribution >= 4 is 17.5 Å². The molecule has 1 saturated carbocycles. The fourth-order valence-corrected chi connectivity index (χ4v) is 3.17. The highest BCUT2D eigenvalue weighted by atomic mass is 35.5. The Bertz CT molecular complexity index is 719. The van der Waals surface area contributed by atoms with Gasteiger partial charge >= 0.3 is 0 Å². The highest BCUT2D eigenvalue weighted by Crippen LogP contribution is 2.30. The van der Waals surface area contributed by atoms with E-state index < -0.39 is 6.10 Å². The Morgan fingerprint density at radius 3 is 3.04 bits per heavy atom. The molecule has 1 heterocycles. The first-order valence-electron chi connectivity index (χ1n) is 7.93. The number of carbonyl (C=O) groups excluding carboxylic acids is 1. The molecule has 0 aliphatic heterocycles. The topological polar surface area (TPSA) is 87.2 Å². The number of aliphatic hydroxyl groups excluding tert-OH is 1. The van der Waals surface area contributed by atoms with Crippen molar-refractivity contribution in [1.82, 2.24) is 15.5 Å². The molecule has 1 fully saturated rings. The lowest BCUT2D eigenvalue weighted by Gasteiger charge is -2.21. The number of nitrogens with one attached hydrogen (secondary N) is 2. The second kappa shape index (κ2) is 7.23. The van der Waals surface area contributed by atoms with Gasteiger partial charge in [-0.05, 0) is 38.0 Å². The van der Waals surface area contributed by atoms with Gasteiger partial charge in [-0.3, -0.25) is 9.89 Å². The van der Waals surface area contributed by atoms with Crippen molar-refractivity contribution in [1.29, 1.82) is 0 Å². The van der Waals surface area contributed by atoms with Crippen LogP contribution in [0.4, 0.5) is 0 Å². The first-order valence-corrected chi connectivity index (χ1v) is 8.31. The van der Waals surface area contributed by atoms with Crippen molar-refractivity contribution < 1.29 is 14.6 Å². The molecule has 0 saturated heterocycles. The van der Waals surface area contributed by atoms with Crippen molar-refractivity contribution in [3.63, 3.8) is 0 Å². The largest absolute Gasteiger partial charge is 0.488 e. The quantitative estimate of drug-likeness (QED) is 0.773. The lowest BCUT2D eigenvalue weighted by molar-refractivity contribution is 0.0348. The van der Waals surface area contributed by atoms with Gasteiger partial charge in [0, 0.05) is 23.2 Å². The first-order chi connectivity index (χ1) is 11.5. The molecule has 6 nitrogen and oxygen atoms in total. The fraction of sp³-hybridized carbons (Fsp3) is 0.412. The molecule has 24 heavy (non-hydrogen) atoms. The minimum atomic E-state index is -0.630. The molecular weight excluding hydrogens is 330 g/mol. The molecule has 1 aromatic carbocycles. The van der Waals surface area contributed by atoms with E-state index in [0.29, 0.717) is 22.9 Å². The smallest absolute Gasteiger partial charge is 0.254 e. The number of hydrogen-bond donors (Lipinski definition) is 3. The number of ether oxygens (including phenoxy) is 1. The SMILES string of the molecule is Cc1[nH]ncc1C(=O)NC[C@H]1CC[C@@H](Oc2cccc(Cl)c2)[C@@H]1O. The van der Waals surface area contributed by atoms with Gasteiger partial charge in [0.2, 0.25) is 0 Å². The van der Waals surface area contributed by atoms with Crippen LogP contribution in [0, 0.1) is 12.8 Å². The van der Waals surface area contributed by atoms with Crippen LogP contribution in [-0.4, -0.2) is 40.0 Å². The van der Waals surface area contributed by atoms with Crippen molar-refractivity contribution in [3.8, 4) is 5.75 Å². The summed E-state index contributed by atoms with van der Waals surface area (Å²) in [7, 11) is 0. The minimum Gasteiger partial charge on any atom is -0.488 e. The number of aromatic amines is 1. The molecule has 0 spiro atoms. The second-order valence-corrected chi connectivity index (χ2v) is 6.50. The second-order valence-electron chi connectivity index (χ2n) is 6.06. The van der Waals surface area contributed by atoms with Crippen LogP contribution in [0.2, 0.25) is 5.02 Å². The van der Waals surface area contributed by atoms with E-state index in [1.54, 1.807) is 19.1 Å². The monoisotopic (exact) mass is 349 g/mol. The summed E-state index contributed by atoms with van der Waals surface area (Å²) in [6.45, 7) is 2.20. The Balaban J connectivity index is 1.53. The van der Waals surface area contributed by atoms with Crippen LogP contribution in [0.3, 0.4) is 0 Å². The number of carbonyl (C=O) groups is 1. The molecule has 1 aliphatic carbocycles. The average molecular weight is 350 g/mol. The van der Waals surface area contributed by atoms with Gasteiger partial charge in [-0.15, -0.1) is 0 Å². The fourth-order valence-electron chi connectivity index (χ4n) is 2.99. The Morgan fingerprint density at radius 1 is 1.50 bits per heavy atom. The van der Waals surface area contributed by atoms with Crippen LogP contribution in [0.5, 0.6) is 5.75 Å². The zero-order valence-corrected chi connectivity index (χ0v) is 14.1. The molecule has 1 amide bonds. The maximum Gasteiger partial charge on any atom is 0.254 e. The number of H-pyrrole nitrogens is 1. The maximum absolute atomic E-state index is 12.1. The Labute approximate surface area is 145 Å². The molecule has 0 radical (unpaired) electrons. The van der Waals surface area contributed by atoms with Crippen LogP contribution >= 0.6 is 11.6 Å². The number of halogens is 1. The summed E-state index contributed by atoms with van der Waals surface area (Å²) < 4.78 is 5.83. The van der Waals surface area contributed by atoms with E-state index >= 15 is 0 Å². The summed E-state index contributed by atoms with van der Waals surface area (Å²) in [6.07, 6.45) is 2.10. The Morgan fingerprint density at radius 2 is 2.33 bits per heavy atom. The van der Waals surface area contributed by atoms with Gasteiger partial charge in [0.15, 0.2) is 0 Å². The summed E-state index contributed by atoms with van der Waals surface area (Å²) in [5.74, 6) is 0.420. The van der Waals surface area contributed by atoms with Gasteiger partial charge in [0.05, 0.1) is 17.9 Å². The van der Waals surface area contributed by atoms with Crippen LogP contribution < -0.4 is 10.1 Å². The Hall–Kier alpha value is -2.05. The van der Waals surface area contributed by atoms with E-state index in [-0.39, 0.29) is 17.9 Å². The lowest BCUT2D eigenvalue weighted by atomic mass is 10.1. The number of benzene rings is 1. The summed E-state index contributed by atoms with van der Waals surface area (Å²) in [5.41, 5.74) is 1.25. The van der Waals surface area contributed by atoms with Crippen LogP contribution in [0.25, 0.3) is 0 Å². The number of nitrogens with zero attached hydrogens (tertiary/aromatic N) is 1. The number of rotatable bonds is 5. The molecule has 3 atom stereocenters. The number of amides is 1. The third kappa shape index (κ3) is 3.71. The van der Waals surface area contributed by atoms with E-state index in [4.69, 9.17) is 16.3 Å². The summed E-state index contributed by atoms with van der Waals surface area (Å²) in [5, 5.41) is 20.5. The average Bonchev–Trinajstić information content (AvgIpc) is 3.12. The zero-order chi connectivity index (χ0) is 17.1. The van der Waals surface area contributed by atoms with Gasteiger partial charge in [0.25, 0.3) is 5.91 Å². The Kier molecular flexibility index (Phi) is 5.06. The molecule has 3 rings (SSSR count). The van der Waals surface area contributed by atoms with Gasteiger partial charge in [-0.1, -0.05) is 17.7 Å². The molecule has 7 heteroatoms. The van der Waals surface area contributed by atoms with Gasteiger partial charge < -0.3 is 15.2 Å². The van der Waals surface area contributed by atoms with E-state index in [2.05, 4.69) is 15.5 Å². The minimum absolute atomic E-state index is 0.0367. The standard InChI is InChI=1S/C17H20ClN3O3/c1-10-14(9-20-21-10)17(23)19-8-11-5-6-15(16(11)22)24-13-4-2-3-12(18)7-13/h2-4,7,9,11,15-16,22H,5-6,8H2,1H3,(H,19,23)(H,20,21)/t11-,15-,16-/m1/s1. The van der Waals surface area contributed by atoms with Crippen LogP contribution in [0.15, 0.2) is 30.5 Å². The normalized spacial score (nSPS) is 23.2. The zero-order valence-electron chi connectivity index (χ0n) is 13.3. The van der Waals surface area contributed by atoms with Gasteiger partial charge in [0.1, 0.15) is 11.9 Å². The van der Waals surface area contributed by atoms with E-state index in [1.807, 2.05) is 12.1 Å². The third-order valence-corrected chi connectivity index (χ3v) is 4.60. The molecular formula is C17H20ClN3O3. The summed E-state index contributed by atoms with van der Waals surface area (Å²) in [4.78, 5) is 12.1. The molecule has 128 valence electrons. The predicted molar refractivity (Wildman–Crippen MR) is 90.3 cm³/mol. The van der Waals surface area contributed by atoms with E-state index in [0.717, 1.165) is 18.5 Å². The van der Waals surface area contributed by atoms with Gasteiger partial charge in [-0.2, -0.15) is 5.10 Å². The molecule has 1 aromatic heterocycles. The van der Waals surface area contributed by atoms with Gasteiger partial charge in [-0.25, -0.2) is 0 Å². The number of aryl methyl sites for hydroxylation is 1. The van der Waals surface area contributed by atoms with Crippen molar-refractivity contribution in [2.45, 2.75) is 32.0 Å². The number of aromatic nitrogens is 2. The van der Waals surface area contributed by atoms with Crippen molar-refractivity contribution in [3.05, 3.63) is 46.7 Å². The molecule has 0 bridgehead atoms. The molecule has 3 N–H and O–H groups in total. The molecule has 1 aliphatic rings. The predicted octanol–water partition coefficient (Wildman–Crippen LogP) is 2.32. The third-order valence-electron chi connectivity index (χ3n) is 4.37. The number of aliphatic hydroxyl groups is 1. The molecule has 0 unspecified atom stereocenters. The van der Waals surface area contributed by atoms with Crippen LogP contribution in [-0.2, 0) is 0 Å². The summed E-state index contributed by atoms with van der Waals surface area (Å²) in [6, 6.07) is 7.13. The van der Waals surface area contributed by atoms with Crippen molar-refractivity contribution in [2.24, 2.45) is 5.92 Å². The molecule has 2 aromatic rings. The lowest BCUT2D eigenvalue weighted by Crippen LogP contribution is -2.37. The van der Waals surface area contributed by atoms with E-state index in [9.17, 15) is 9.90 Å². The highest BCUT2D eigenvalue weighted by Gasteiger charge is 2.36. The van der Waals surface area contributed by atoms with Crippen LogP contribution in [0.1, 0.15) is 28.9 Å².